The number of halogens is 1. The summed E-state index contributed by atoms with van der Waals surface area (Å²) in [6, 6.07) is 5.68. The molecule has 166 valence electrons. The minimum absolute atomic E-state index is 0.103. The van der Waals surface area contributed by atoms with Gasteiger partial charge < -0.3 is 20.4 Å². The van der Waals surface area contributed by atoms with Crippen LogP contribution in [0.25, 0.3) is 10.9 Å². The lowest BCUT2D eigenvalue weighted by Crippen LogP contribution is -2.48. The number of nitrogens with one attached hydrogen (secondary N) is 3. The zero-order chi connectivity index (χ0) is 21.2. The van der Waals surface area contributed by atoms with Gasteiger partial charge >= 0.3 is 0 Å². The van der Waals surface area contributed by atoms with E-state index < -0.39 is 0 Å². The van der Waals surface area contributed by atoms with Crippen LogP contribution in [-0.4, -0.2) is 78.1 Å². The molecule has 3 N–H and O–H groups in total. The van der Waals surface area contributed by atoms with Gasteiger partial charge in [-0.1, -0.05) is 0 Å². The Hall–Kier alpha value is -2.10. The molecule has 31 heavy (non-hydrogen) atoms. The molecule has 0 aliphatic carbocycles. The number of fused-ring (bicyclic) bond motifs is 1. The fourth-order valence-electron chi connectivity index (χ4n) is 4.42. The molecule has 2 fully saturated rings. The Morgan fingerprint density at radius 1 is 1.29 bits per heavy atom. The number of aliphatic imine (C=N–C) groups is 1. The number of thioether (sulfide) groups is 1. The predicted molar refractivity (Wildman–Crippen MR) is 123 cm³/mol. The molecule has 0 spiro atoms. The van der Waals surface area contributed by atoms with Crippen LogP contribution in [0.15, 0.2) is 23.2 Å². The van der Waals surface area contributed by atoms with E-state index in [2.05, 4.69) is 20.5 Å². The second-order valence-electron chi connectivity index (χ2n) is 8.45. The summed E-state index contributed by atoms with van der Waals surface area (Å²) < 4.78 is 19.7. The summed E-state index contributed by atoms with van der Waals surface area (Å²) in [7, 11) is 0. The van der Waals surface area contributed by atoms with Crippen molar-refractivity contribution in [2.75, 3.05) is 50.5 Å². The second kappa shape index (κ2) is 9.18. The van der Waals surface area contributed by atoms with Gasteiger partial charge in [0, 0.05) is 50.0 Å². The minimum Gasteiger partial charge on any atom is -0.381 e. The van der Waals surface area contributed by atoms with Crippen molar-refractivity contribution < 1.29 is 13.9 Å². The zero-order valence-corrected chi connectivity index (χ0v) is 18.3. The maximum Gasteiger partial charge on any atom is 0.234 e. The highest BCUT2D eigenvalue weighted by molar-refractivity contribution is 8.14. The molecular formula is C22H28FN5O2S. The van der Waals surface area contributed by atoms with Gasteiger partial charge in [0.2, 0.25) is 5.91 Å². The summed E-state index contributed by atoms with van der Waals surface area (Å²) in [4.78, 5) is 22.1. The number of H-pyrrole nitrogens is 1. The van der Waals surface area contributed by atoms with Crippen molar-refractivity contribution in [2.45, 2.75) is 31.3 Å². The van der Waals surface area contributed by atoms with E-state index in [0.717, 1.165) is 85.2 Å². The predicted octanol–water partition coefficient (Wildman–Crippen LogP) is 2.58. The highest BCUT2D eigenvalue weighted by Crippen LogP contribution is 2.31. The molecule has 1 aromatic carbocycles. The molecule has 7 nitrogen and oxygen atoms in total. The van der Waals surface area contributed by atoms with Crippen molar-refractivity contribution in [2.24, 2.45) is 4.99 Å². The third-order valence-electron chi connectivity index (χ3n) is 6.11. The van der Waals surface area contributed by atoms with Crippen LogP contribution in [0.2, 0.25) is 0 Å². The van der Waals surface area contributed by atoms with E-state index in [1.165, 1.54) is 0 Å². The minimum atomic E-state index is -0.239. The van der Waals surface area contributed by atoms with Gasteiger partial charge in [0.25, 0.3) is 0 Å². The van der Waals surface area contributed by atoms with E-state index in [4.69, 9.17) is 9.73 Å². The van der Waals surface area contributed by atoms with Crippen LogP contribution < -0.4 is 10.6 Å². The lowest BCUT2D eigenvalue weighted by Gasteiger charge is -2.26. The standard InChI is InChI=1S/C22H28FN5O2S/c23-15-9-14-10-19(27-21(14)18(11-15)25-16-2-7-30-8-3-16)22-26-17(13-31-22)1-5-28-6-4-24-20(29)12-28/h9-11,16-17,25,27H,1-8,12-13H2,(H,24,29)/t17-/m1/s1. The molecule has 0 saturated carbocycles. The Kier molecular flexibility index (Phi) is 6.15. The maximum atomic E-state index is 14.3. The van der Waals surface area contributed by atoms with Crippen LogP contribution in [0.1, 0.15) is 25.0 Å². The lowest BCUT2D eigenvalue weighted by molar-refractivity contribution is -0.124. The number of hydrogen-bond acceptors (Lipinski definition) is 6. The number of rotatable bonds is 6. The second-order valence-corrected chi connectivity index (χ2v) is 9.45. The number of carbonyl (C=O) groups excluding carboxylic acids is 1. The summed E-state index contributed by atoms with van der Waals surface area (Å²) in [5.41, 5.74) is 2.67. The van der Waals surface area contributed by atoms with Crippen molar-refractivity contribution in [1.29, 1.82) is 0 Å². The van der Waals surface area contributed by atoms with Crippen molar-refractivity contribution in [3.05, 3.63) is 29.7 Å². The molecule has 1 aromatic heterocycles. The number of nitrogens with zero attached hydrogens (tertiary/aromatic N) is 2. The largest absolute Gasteiger partial charge is 0.381 e. The van der Waals surface area contributed by atoms with E-state index in [9.17, 15) is 9.18 Å². The van der Waals surface area contributed by atoms with Gasteiger partial charge in [-0.15, -0.1) is 11.8 Å². The van der Waals surface area contributed by atoms with Gasteiger partial charge in [-0.05, 0) is 37.5 Å². The molecule has 9 heteroatoms. The number of hydrogen-bond donors (Lipinski definition) is 3. The smallest absolute Gasteiger partial charge is 0.234 e. The van der Waals surface area contributed by atoms with Crippen molar-refractivity contribution >= 4 is 39.3 Å². The normalized spacial score (nSPS) is 23.2. The molecule has 0 unspecified atom stereocenters. The molecule has 1 atom stereocenters. The van der Waals surface area contributed by atoms with Crippen LogP contribution in [0.4, 0.5) is 10.1 Å². The Morgan fingerprint density at radius 2 is 2.16 bits per heavy atom. The van der Waals surface area contributed by atoms with Crippen molar-refractivity contribution in [3.63, 3.8) is 0 Å². The third-order valence-corrected chi connectivity index (χ3v) is 7.26. The fraction of sp³-hybridized carbons (Fsp3) is 0.545. The molecule has 2 aromatic rings. The Bertz CT molecular complexity index is 988. The van der Waals surface area contributed by atoms with Crippen molar-refractivity contribution in [3.8, 4) is 0 Å². The van der Waals surface area contributed by atoms with E-state index in [1.807, 2.05) is 6.07 Å². The molecule has 4 heterocycles. The summed E-state index contributed by atoms with van der Waals surface area (Å²) in [5, 5.41) is 8.20. The van der Waals surface area contributed by atoms with Gasteiger partial charge in [0.05, 0.1) is 29.5 Å². The van der Waals surface area contributed by atoms with Gasteiger partial charge in [0.15, 0.2) is 0 Å². The zero-order valence-electron chi connectivity index (χ0n) is 17.5. The molecule has 3 aliphatic rings. The highest BCUT2D eigenvalue weighted by atomic mass is 32.2. The number of ether oxygens (including phenoxy) is 1. The number of amides is 1. The summed E-state index contributed by atoms with van der Waals surface area (Å²) in [5.74, 6) is 0.801. The number of anilines is 1. The van der Waals surface area contributed by atoms with Gasteiger partial charge in [-0.25, -0.2) is 4.39 Å². The van der Waals surface area contributed by atoms with Crippen LogP contribution >= 0.6 is 11.8 Å². The molecule has 1 amide bonds. The average Bonchev–Trinajstić information content (AvgIpc) is 3.40. The third kappa shape index (κ3) is 4.88. The van der Waals surface area contributed by atoms with E-state index in [-0.39, 0.29) is 17.8 Å². The monoisotopic (exact) mass is 445 g/mol. The maximum absolute atomic E-state index is 14.3. The van der Waals surface area contributed by atoms with Gasteiger partial charge in [-0.2, -0.15) is 0 Å². The summed E-state index contributed by atoms with van der Waals surface area (Å²) >= 11 is 1.74. The first kappa shape index (κ1) is 20.8. The molecule has 3 aliphatic heterocycles. The van der Waals surface area contributed by atoms with Crippen molar-refractivity contribution in [1.82, 2.24) is 15.2 Å². The summed E-state index contributed by atoms with van der Waals surface area (Å²) in [6.07, 6.45) is 2.79. The lowest BCUT2D eigenvalue weighted by atomic mass is 10.1. The number of piperazine rings is 1. The number of aromatic amines is 1. The van der Waals surface area contributed by atoms with E-state index in [1.54, 1.807) is 23.9 Å². The summed E-state index contributed by atoms with van der Waals surface area (Å²) in [6.45, 7) is 4.47. The fourth-order valence-corrected chi connectivity index (χ4v) is 5.50. The van der Waals surface area contributed by atoms with Gasteiger partial charge in [-0.3, -0.25) is 14.7 Å². The van der Waals surface area contributed by atoms with Crippen LogP contribution in [-0.2, 0) is 9.53 Å². The van der Waals surface area contributed by atoms with Crippen LogP contribution in [0, 0.1) is 5.82 Å². The van der Waals surface area contributed by atoms with E-state index >= 15 is 0 Å². The molecule has 0 radical (unpaired) electrons. The van der Waals surface area contributed by atoms with E-state index in [0.29, 0.717) is 12.6 Å². The molecular weight excluding hydrogens is 417 g/mol. The number of benzene rings is 1. The number of aromatic nitrogens is 1. The molecule has 0 bridgehead atoms. The Labute approximate surface area is 185 Å². The SMILES string of the molecule is O=C1CN(CC[C@@H]2CSC(c3cc4cc(F)cc(NC5CCOCC5)c4[nH]3)=N2)CCN1. The topological polar surface area (TPSA) is 81.8 Å². The molecule has 5 rings (SSSR count). The first-order chi connectivity index (χ1) is 15.1. The van der Waals surface area contributed by atoms with Crippen LogP contribution in [0.5, 0.6) is 0 Å². The first-order valence-corrected chi connectivity index (χ1v) is 12.0. The van der Waals surface area contributed by atoms with Crippen LogP contribution in [0.3, 0.4) is 0 Å². The highest BCUT2D eigenvalue weighted by Gasteiger charge is 2.24. The Balaban J connectivity index is 1.29. The molecule has 2 saturated heterocycles. The Morgan fingerprint density at radius 3 is 3.00 bits per heavy atom. The first-order valence-electron chi connectivity index (χ1n) is 11.0. The quantitative estimate of drug-likeness (QED) is 0.637. The van der Waals surface area contributed by atoms with Gasteiger partial charge in [0.1, 0.15) is 10.9 Å². The number of carbonyl (C=O) groups is 1. The average molecular weight is 446 g/mol.